The van der Waals surface area contributed by atoms with E-state index in [0.717, 1.165) is 0 Å². The molecule has 0 heterocycles. The van der Waals surface area contributed by atoms with Gasteiger partial charge in [0.25, 0.3) is 0 Å². The minimum Gasteiger partial charge on any atom is -0.491 e. The fraction of sp³-hybridized carbons (Fsp3) is 0.462. The molecule has 6 heteroatoms. The Morgan fingerprint density at radius 1 is 1.47 bits per heavy atom. The fourth-order valence-electron chi connectivity index (χ4n) is 1.42. The van der Waals surface area contributed by atoms with Crippen molar-refractivity contribution in [2.75, 3.05) is 11.9 Å². The molecule has 4 nitrogen and oxygen atoms in total. The van der Waals surface area contributed by atoms with Crippen LogP contribution >= 0.6 is 12.4 Å². The van der Waals surface area contributed by atoms with Crippen LogP contribution < -0.4 is 15.8 Å². The highest BCUT2D eigenvalue weighted by molar-refractivity contribution is 5.90. The van der Waals surface area contributed by atoms with Crippen molar-refractivity contribution in [3.63, 3.8) is 0 Å². The van der Waals surface area contributed by atoms with Gasteiger partial charge in [-0.25, -0.2) is 4.39 Å². The molecule has 3 N–H and O–H groups in total. The highest BCUT2D eigenvalue weighted by atomic mass is 35.5. The number of carbonyl (C=O) groups is 1. The first-order chi connectivity index (χ1) is 8.52. The summed E-state index contributed by atoms with van der Waals surface area (Å²) in [5.74, 6) is -0.298. The molecule has 108 valence electrons. The molecule has 0 fully saturated rings. The van der Waals surface area contributed by atoms with Crippen LogP contribution in [0.3, 0.4) is 0 Å². The van der Waals surface area contributed by atoms with Crippen molar-refractivity contribution in [3.8, 4) is 5.75 Å². The van der Waals surface area contributed by atoms with Crippen LogP contribution in [0, 0.1) is 5.82 Å². The van der Waals surface area contributed by atoms with E-state index in [2.05, 4.69) is 5.32 Å². The molecule has 0 aliphatic carbocycles. The van der Waals surface area contributed by atoms with Crippen LogP contribution in [0.1, 0.15) is 26.7 Å². The lowest BCUT2D eigenvalue weighted by atomic mass is 10.2. The van der Waals surface area contributed by atoms with Gasteiger partial charge >= 0.3 is 0 Å². The van der Waals surface area contributed by atoms with E-state index in [4.69, 9.17) is 10.5 Å². The Kier molecular flexibility index (Phi) is 8.11. The number of rotatable bonds is 6. The number of carbonyl (C=O) groups excluding carboxylic acids is 1. The third kappa shape index (κ3) is 6.40. The standard InChI is InChI=1S/C13H19FN2O2.ClH/c1-9(2)18-10-5-6-12(11(14)8-10)16-13(17)4-3-7-15;/h5-6,8-9H,3-4,7,15H2,1-2H3,(H,16,17);1H. The second-order valence-corrected chi connectivity index (χ2v) is 4.25. The predicted molar refractivity (Wildman–Crippen MR) is 76.3 cm³/mol. The van der Waals surface area contributed by atoms with Crippen molar-refractivity contribution in [2.24, 2.45) is 5.73 Å². The molecular weight excluding hydrogens is 271 g/mol. The smallest absolute Gasteiger partial charge is 0.224 e. The molecule has 0 aliphatic heterocycles. The van der Waals surface area contributed by atoms with E-state index in [1.54, 1.807) is 6.07 Å². The van der Waals surface area contributed by atoms with Gasteiger partial charge in [0.05, 0.1) is 11.8 Å². The number of halogens is 2. The molecule has 1 rings (SSSR count). The summed E-state index contributed by atoms with van der Waals surface area (Å²) in [6.45, 7) is 4.16. The summed E-state index contributed by atoms with van der Waals surface area (Å²) in [7, 11) is 0. The van der Waals surface area contributed by atoms with E-state index in [1.165, 1.54) is 12.1 Å². The number of anilines is 1. The number of benzene rings is 1. The van der Waals surface area contributed by atoms with Crippen LogP contribution in [-0.2, 0) is 4.79 Å². The fourth-order valence-corrected chi connectivity index (χ4v) is 1.42. The SMILES string of the molecule is CC(C)Oc1ccc(NC(=O)CCCN)c(F)c1.Cl. The van der Waals surface area contributed by atoms with Crippen molar-refractivity contribution in [1.29, 1.82) is 0 Å². The molecule has 0 spiro atoms. The van der Waals surface area contributed by atoms with Gasteiger partial charge in [0.15, 0.2) is 0 Å². The van der Waals surface area contributed by atoms with Crippen LogP contribution in [-0.4, -0.2) is 18.6 Å². The molecule has 19 heavy (non-hydrogen) atoms. The molecule has 0 aromatic heterocycles. The van der Waals surface area contributed by atoms with Crippen molar-refractivity contribution in [1.82, 2.24) is 0 Å². The maximum atomic E-state index is 13.7. The topological polar surface area (TPSA) is 64.3 Å². The minimum atomic E-state index is -0.505. The first kappa shape index (κ1) is 17.7. The van der Waals surface area contributed by atoms with Gasteiger partial charge in [-0.1, -0.05) is 0 Å². The monoisotopic (exact) mass is 290 g/mol. The first-order valence-electron chi connectivity index (χ1n) is 5.99. The van der Waals surface area contributed by atoms with E-state index < -0.39 is 5.82 Å². The lowest BCUT2D eigenvalue weighted by Gasteiger charge is -2.11. The number of nitrogens with two attached hydrogens (primary N) is 1. The van der Waals surface area contributed by atoms with Gasteiger partial charge in [-0.2, -0.15) is 0 Å². The van der Waals surface area contributed by atoms with Gasteiger partial charge in [-0.05, 0) is 38.9 Å². The highest BCUT2D eigenvalue weighted by Crippen LogP contribution is 2.21. The van der Waals surface area contributed by atoms with Gasteiger partial charge in [0.2, 0.25) is 5.91 Å². The number of nitrogens with one attached hydrogen (secondary N) is 1. The van der Waals surface area contributed by atoms with Gasteiger partial charge in [0, 0.05) is 12.5 Å². The lowest BCUT2D eigenvalue weighted by molar-refractivity contribution is -0.116. The summed E-state index contributed by atoms with van der Waals surface area (Å²) >= 11 is 0. The van der Waals surface area contributed by atoms with Crippen LogP contribution in [0.2, 0.25) is 0 Å². The summed E-state index contributed by atoms with van der Waals surface area (Å²) in [5.41, 5.74) is 5.46. The number of ether oxygens (including phenoxy) is 1. The molecule has 1 aromatic carbocycles. The highest BCUT2D eigenvalue weighted by Gasteiger charge is 2.08. The molecule has 0 bridgehead atoms. The quantitative estimate of drug-likeness (QED) is 0.847. The average molecular weight is 291 g/mol. The van der Waals surface area contributed by atoms with Crippen molar-refractivity contribution >= 4 is 24.0 Å². The van der Waals surface area contributed by atoms with E-state index in [1.807, 2.05) is 13.8 Å². The van der Waals surface area contributed by atoms with E-state index >= 15 is 0 Å². The summed E-state index contributed by atoms with van der Waals surface area (Å²) in [5, 5.41) is 2.50. The molecule has 0 saturated heterocycles. The maximum Gasteiger partial charge on any atom is 0.224 e. The molecule has 1 amide bonds. The second kappa shape index (κ2) is 8.72. The average Bonchev–Trinajstić information content (AvgIpc) is 2.29. The predicted octanol–water partition coefficient (Wildman–Crippen LogP) is 2.71. The van der Waals surface area contributed by atoms with Gasteiger partial charge < -0.3 is 15.8 Å². The van der Waals surface area contributed by atoms with Gasteiger partial charge in [-0.3, -0.25) is 4.79 Å². The molecular formula is C13H20ClFN2O2. The number of hydrogen-bond donors (Lipinski definition) is 2. The Morgan fingerprint density at radius 3 is 2.68 bits per heavy atom. The van der Waals surface area contributed by atoms with E-state index in [9.17, 15) is 9.18 Å². The van der Waals surface area contributed by atoms with Gasteiger partial charge in [0.1, 0.15) is 11.6 Å². The normalized spacial score (nSPS) is 9.95. The molecule has 0 atom stereocenters. The molecule has 0 aliphatic rings. The Morgan fingerprint density at radius 2 is 2.16 bits per heavy atom. The summed E-state index contributed by atoms with van der Waals surface area (Å²) < 4.78 is 19.0. The lowest BCUT2D eigenvalue weighted by Crippen LogP contribution is -2.14. The van der Waals surface area contributed by atoms with Crippen LogP contribution in [0.4, 0.5) is 10.1 Å². The summed E-state index contributed by atoms with van der Waals surface area (Å²) in [6.07, 6.45) is 0.858. The molecule has 0 saturated carbocycles. The number of amides is 1. The van der Waals surface area contributed by atoms with E-state index in [-0.39, 0.29) is 30.1 Å². The van der Waals surface area contributed by atoms with Crippen molar-refractivity contribution in [2.45, 2.75) is 32.8 Å². The summed E-state index contributed by atoms with van der Waals surface area (Å²) in [6, 6.07) is 4.38. The van der Waals surface area contributed by atoms with Crippen molar-refractivity contribution < 1.29 is 13.9 Å². The third-order valence-corrected chi connectivity index (χ3v) is 2.19. The Hall–Kier alpha value is -1.33. The third-order valence-electron chi connectivity index (χ3n) is 2.19. The zero-order valence-electron chi connectivity index (χ0n) is 11.1. The van der Waals surface area contributed by atoms with Crippen LogP contribution in [0.25, 0.3) is 0 Å². The zero-order chi connectivity index (χ0) is 13.5. The van der Waals surface area contributed by atoms with Crippen LogP contribution in [0.5, 0.6) is 5.75 Å². The maximum absolute atomic E-state index is 13.7. The largest absolute Gasteiger partial charge is 0.491 e. The Labute approximate surface area is 118 Å². The minimum absolute atomic E-state index is 0. The molecule has 0 radical (unpaired) electrons. The van der Waals surface area contributed by atoms with Crippen molar-refractivity contribution in [3.05, 3.63) is 24.0 Å². The number of hydrogen-bond acceptors (Lipinski definition) is 3. The zero-order valence-corrected chi connectivity index (χ0v) is 11.9. The second-order valence-electron chi connectivity index (χ2n) is 4.25. The Balaban J connectivity index is 0.00000324. The Bertz CT molecular complexity index is 414. The summed E-state index contributed by atoms with van der Waals surface area (Å²) in [4.78, 5) is 11.4. The molecule has 0 unspecified atom stereocenters. The van der Waals surface area contributed by atoms with Gasteiger partial charge in [-0.15, -0.1) is 12.4 Å². The first-order valence-corrected chi connectivity index (χ1v) is 5.99. The van der Waals surface area contributed by atoms with Crippen LogP contribution in [0.15, 0.2) is 18.2 Å². The van der Waals surface area contributed by atoms with E-state index in [0.29, 0.717) is 25.1 Å². The molecule has 1 aromatic rings.